The SMILES string of the molecule is COC1=CC(Cl)C(N)(I)C=C1. The Balaban J connectivity index is 2.80. The standard InChI is InChI=1S/C7H9ClINO/c1-11-5-2-3-7(9,10)6(8)4-5/h2-4,6H,10H2,1H3. The van der Waals surface area contributed by atoms with Gasteiger partial charge >= 0.3 is 0 Å². The molecule has 0 aliphatic heterocycles. The summed E-state index contributed by atoms with van der Waals surface area (Å²) in [6.07, 6.45) is 5.46. The van der Waals surface area contributed by atoms with Gasteiger partial charge in [0.1, 0.15) is 9.30 Å². The zero-order valence-corrected chi connectivity index (χ0v) is 8.96. The van der Waals surface area contributed by atoms with Gasteiger partial charge in [0.25, 0.3) is 0 Å². The molecule has 0 aromatic rings. The van der Waals surface area contributed by atoms with Crippen LogP contribution in [-0.4, -0.2) is 16.0 Å². The van der Waals surface area contributed by atoms with Crippen molar-refractivity contribution in [1.82, 2.24) is 0 Å². The van der Waals surface area contributed by atoms with Crippen LogP contribution in [0.5, 0.6) is 0 Å². The molecule has 0 radical (unpaired) electrons. The highest BCUT2D eigenvalue weighted by Crippen LogP contribution is 2.29. The van der Waals surface area contributed by atoms with Crippen molar-refractivity contribution >= 4 is 34.2 Å². The van der Waals surface area contributed by atoms with E-state index in [0.717, 1.165) is 5.76 Å². The lowest BCUT2D eigenvalue weighted by atomic mass is 10.1. The molecule has 4 heteroatoms. The second-order valence-electron chi connectivity index (χ2n) is 2.34. The summed E-state index contributed by atoms with van der Waals surface area (Å²) in [5.41, 5.74) is 5.81. The van der Waals surface area contributed by atoms with E-state index in [-0.39, 0.29) is 5.38 Å². The molecule has 0 amide bonds. The molecule has 0 aromatic heterocycles. The van der Waals surface area contributed by atoms with Gasteiger partial charge < -0.3 is 10.5 Å². The summed E-state index contributed by atoms with van der Waals surface area (Å²) in [7, 11) is 1.61. The van der Waals surface area contributed by atoms with Crippen LogP contribution in [-0.2, 0) is 4.74 Å². The fraction of sp³-hybridized carbons (Fsp3) is 0.429. The second kappa shape index (κ2) is 3.33. The molecular weight excluding hydrogens is 276 g/mol. The molecule has 1 aliphatic carbocycles. The van der Waals surface area contributed by atoms with E-state index in [9.17, 15) is 0 Å². The average molecular weight is 286 g/mol. The highest BCUT2D eigenvalue weighted by atomic mass is 127. The fourth-order valence-electron chi connectivity index (χ4n) is 0.765. The molecule has 0 saturated carbocycles. The van der Waals surface area contributed by atoms with Gasteiger partial charge in [-0.3, -0.25) is 0 Å². The Morgan fingerprint density at radius 1 is 1.82 bits per heavy atom. The van der Waals surface area contributed by atoms with Crippen LogP contribution < -0.4 is 5.73 Å². The van der Waals surface area contributed by atoms with E-state index in [0.29, 0.717) is 0 Å². The van der Waals surface area contributed by atoms with E-state index in [2.05, 4.69) is 22.6 Å². The van der Waals surface area contributed by atoms with Gasteiger partial charge in [-0.2, -0.15) is 0 Å². The van der Waals surface area contributed by atoms with Gasteiger partial charge in [0.15, 0.2) is 0 Å². The molecule has 2 N–H and O–H groups in total. The monoisotopic (exact) mass is 285 g/mol. The number of ether oxygens (including phenoxy) is 1. The average Bonchev–Trinajstić information content (AvgIpc) is 1.95. The molecule has 11 heavy (non-hydrogen) atoms. The number of halogens is 2. The van der Waals surface area contributed by atoms with E-state index in [1.54, 1.807) is 13.2 Å². The maximum Gasteiger partial charge on any atom is 0.116 e. The van der Waals surface area contributed by atoms with Crippen LogP contribution in [0.1, 0.15) is 0 Å². The van der Waals surface area contributed by atoms with E-state index >= 15 is 0 Å². The maximum absolute atomic E-state index is 5.94. The third-order valence-electron chi connectivity index (χ3n) is 1.47. The number of nitrogens with two attached hydrogens (primary N) is 1. The Morgan fingerprint density at radius 3 is 2.91 bits per heavy atom. The van der Waals surface area contributed by atoms with Crippen molar-refractivity contribution in [2.24, 2.45) is 5.73 Å². The number of rotatable bonds is 1. The summed E-state index contributed by atoms with van der Waals surface area (Å²) >= 11 is 8.04. The smallest absolute Gasteiger partial charge is 0.116 e. The first-order chi connectivity index (χ1) is 5.06. The van der Waals surface area contributed by atoms with Crippen molar-refractivity contribution in [1.29, 1.82) is 0 Å². The molecule has 0 heterocycles. The molecule has 2 unspecified atom stereocenters. The van der Waals surface area contributed by atoms with Crippen LogP contribution in [0.15, 0.2) is 24.0 Å². The predicted octanol–water partition coefficient (Wildman–Crippen LogP) is 1.78. The lowest BCUT2D eigenvalue weighted by Crippen LogP contribution is -2.40. The van der Waals surface area contributed by atoms with Gasteiger partial charge in [0, 0.05) is 0 Å². The molecule has 0 saturated heterocycles. The highest BCUT2D eigenvalue weighted by molar-refractivity contribution is 14.1. The zero-order valence-electron chi connectivity index (χ0n) is 6.05. The Morgan fingerprint density at radius 2 is 2.45 bits per heavy atom. The Bertz CT molecular complexity index is 212. The summed E-state index contributed by atoms with van der Waals surface area (Å²) < 4.78 is 4.50. The minimum absolute atomic E-state index is 0.206. The molecule has 1 aliphatic rings. The van der Waals surface area contributed by atoms with Crippen molar-refractivity contribution in [3.8, 4) is 0 Å². The van der Waals surface area contributed by atoms with Gasteiger partial charge in [-0.1, -0.05) is 22.6 Å². The van der Waals surface area contributed by atoms with Gasteiger partial charge in [-0.25, -0.2) is 0 Å². The van der Waals surface area contributed by atoms with E-state index in [4.69, 9.17) is 22.1 Å². The molecule has 1 rings (SSSR count). The minimum atomic E-state index is -0.485. The lowest BCUT2D eigenvalue weighted by Gasteiger charge is -2.25. The number of alkyl halides is 2. The Labute approximate surface area is 84.6 Å². The van der Waals surface area contributed by atoms with Crippen LogP contribution >= 0.6 is 34.2 Å². The molecule has 0 bridgehead atoms. The zero-order chi connectivity index (χ0) is 8.48. The van der Waals surface area contributed by atoms with Crippen molar-refractivity contribution < 1.29 is 4.74 Å². The van der Waals surface area contributed by atoms with Gasteiger partial charge in [-0.05, 0) is 18.2 Å². The summed E-state index contributed by atoms with van der Waals surface area (Å²) in [6.45, 7) is 0. The van der Waals surface area contributed by atoms with Crippen LogP contribution in [0.3, 0.4) is 0 Å². The van der Waals surface area contributed by atoms with Gasteiger partial charge in [0.2, 0.25) is 0 Å². The van der Waals surface area contributed by atoms with Crippen LogP contribution in [0.2, 0.25) is 0 Å². The van der Waals surface area contributed by atoms with E-state index < -0.39 is 3.55 Å². The summed E-state index contributed by atoms with van der Waals surface area (Å²) in [4.78, 5) is 0. The number of hydrogen-bond acceptors (Lipinski definition) is 2. The van der Waals surface area contributed by atoms with Gasteiger partial charge in [-0.15, -0.1) is 11.6 Å². The Kier molecular flexibility index (Phi) is 2.83. The number of allylic oxidation sites excluding steroid dienone is 1. The molecule has 0 fully saturated rings. The quantitative estimate of drug-likeness (QED) is 0.453. The van der Waals surface area contributed by atoms with E-state index in [1.807, 2.05) is 12.2 Å². The topological polar surface area (TPSA) is 35.2 Å². The molecule has 0 spiro atoms. The van der Waals surface area contributed by atoms with Crippen molar-refractivity contribution in [2.75, 3.05) is 7.11 Å². The lowest BCUT2D eigenvalue weighted by molar-refractivity contribution is 0.303. The predicted molar refractivity (Wildman–Crippen MR) is 54.8 cm³/mol. The first-order valence-electron chi connectivity index (χ1n) is 3.13. The fourth-order valence-corrected chi connectivity index (χ4v) is 1.32. The Hall–Kier alpha value is 0.260. The largest absolute Gasteiger partial charge is 0.497 e. The van der Waals surface area contributed by atoms with Crippen molar-refractivity contribution in [3.05, 3.63) is 24.0 Å². The normalized spacial score (nSPS) is 36.7. The number of hydrogen-bond donors (Lipinski definition) is 1. The van der Waals surface area contributed by atoms with Crippen molar-refractivity contribution in [3.63, 3.8) is 0 Å². The maximum atomic E-state index is 5.94. The van der Waals surface area contributed by atoms with E-state index in [1.165, 1.54) is 0 Å². The molecule has 2 atom stereocenters. The molecular formula is C7H9ClINO. The van der Waals surface area contributed by atoms with Crippen LogP contribution in [0.4, 0.5) is 0 Å². The highest BCUT2D eigenvalue weighted by Gasteiger charge is 2.29. The molecule has 0 aromatic carbocycles. The van der Waals surface area contributed by atoms with Crippen LogP contribution in [0.25, 0.3) is 0 Å². The third kappa shape index (κ3) is 2.10. The first-order valence-corrected chi connectivity index (χ1v) is 4.64. The number of methoxy groups -OCH3 is 1. The minimum Gasteiger partial charge on any atom is -0.497 e. The second-order valence-corrected chi connectivity index (χ2v) is 4.67. The summed E-state index contributed by atoms with van der Waals surface area (Å²) in [6, 6.07) is 0. The van der Waals surface area contributed by atoms with Gasteiger partial charge in [0.05, 0.1) is 12.5 Å². The van der Waals surface area contributed by atoms with Crippen molar-refractivity contribution in [2.45, 2.75) is 8.92 Å². The third-order valence-corrected chi connectivity index (χ3v) is 3.36. The molecule has 2 nitrogen and oxygen atoms in total. The first kappa shape index (κ1) is 9.35. The summed E-state index contributed by atoms with van der Waals surface area (Å²) in [5.74, 6) is 0.766. The molecule has 62 valence electrons. The van der Waals surface area contributed by atoms with Crippen LogP contribution in [0, 0.1) is 0 Å². The summed E-state index contributed by atoms with van der Waals surface area (Å²) in [5, 5.41) is -0.206.